The zero-order chi connectivity index (χ0) is 13.3. The van der Waals surface area contributed by atoms with E-state index >= 15 is 0 Å². The molecule has 3 rings (SSSR count). The van der Waals surface area contributed by atoms with Crippen molar-refractivity contribution < 1.29 is 5.11 Å². The molecule has 1 heterocycles. The summed E-state index contributed by atoms with van der Waals surface area (Å²) in [6.07, 6.45) is 11.1. The SMILES string of the molecule is CC(CO)(CN1CCCC1C1CCCC1)NC1CC1. The minimum atomic E-state index is -0.0949. The molecular formula is C16H30N2O. The zero-order valence-electron chi connectivity index (χ0n) is 12.4. The second-order valence-corrected chi connectivity index (χ2v) is 7.36. The molecule has 2 atom stereocenters. The van der Waals surface area contributed by atoms with E-state index in [2.05, 4.69) is 17.1 Å². The molecule has 110 valence electrons. The summed E-state index contributed by atoms with van der Waals surface area (Å²) in [6, 6.07) is 1.47. The van der Waals surface area contributed by atoms with Gasteiger partial charge in [0.05, 0.1) is 12.1 Å². The first-order chi connectivity index (χ1) is 9.20. The van der Waals surface area contributed by atoms with Crippen molar-refractivity contribution in [3.05, 3.63) is 0 Å². The molecular weight excluding hydrogens is 236 g/mol. The van der Waals surface area contributed by atoms with E-state index in [1.165, 1.54) is 57.9 Å². The largest absolute Gasteiger partial charge is 0.394 e. The van der Waals surface area contributed by atoms with E-state index in [0.29, 0.717) is 6.04 Å². The first-order valence-electron chi connectivity index (χ1n) is 8.33. The Kier molecular flexibility index (Phi) is 4.16. The summed E-state index contributed by atoms with van der Waals surface area (Å²) in [5.74, 6) is 0.936. The molecule has 2 saturated carbocycles. The number of hydrogen-bond donors (Lipinski definition) is 2. The molecule has 0 bridgehead atoms. The van der Waals surface area contributed by atoms with Crippen LogP contribution in [0.1, 0.15) is 58.3 Å². The molecule has 19 heavy (non-hydrogen) atoms. The summed E-state index contributed by atoms with van der Waals surface area (Å²) in [5, 5.41) is 13.4. The number of aliphatic hydroxyl groups excluding tert-OH is 1. The van der Waals surface area contributed by atoms with Gasteiger partial charge in [-0.3, -0.25) is 4.90 Å². The number of rotatable bonds is 6. The van der Waals surface area contributed by atoms with Crippen molar-refractivity contribution in [2.75, 3.05) is 19.7 Å². The Morgan fingerprint density at radius 3 is 2.47 bits per heavy atom. The van der Waals surface area contributed by atoms with E-state index in [4.69, 9.17) is 0 Å². The van der Waals surface area contributed by atoms with E-state index in [-0.39, 0.29) is 12.1 Å². The quantitative estimate of drug-likeness (QED) is 0.773. The monoisotopic (exact) mass is 266 g/mol. The van der Waals surface area contributed by atoms with Gasteiger partial charge in [0.25, 0.3) is 0 Å². The van der Waals surface area contributed by atoms with E-state index in [9.17, 15) is 5.11 Å². The molecule has 2 unspecified atom stereocenters. The highest BCUT2D eigenvalue weighted by Crippen LogP contribution is 2.36. The number of nitrogens with one attached hydrogen (secondary N) is 1. The summed E-state index contributed by atoms with van der Waals surface area (Å²) < 4.78 is 0. The van der Waals surface area contributed by atoms with Gasteiger partial charge in [-0.05, 0) is 57.9 Å². The molecule has 0 aromatic carbocycles. The normalized spacial score (nSPS) is 32.8. The fraction of sp³-hybridized carbons (Fsp3) is 1.00. The minimum Gasteiger partial charge on any atom is -0.394 e. The van der Waals surface area contributed by atoms with Crippen LogP contribution >= 0.6 is 0 Å². The first kappa shape index (κ1) is 13.8. The lowest BCUT2D eigenvalue weighted by Gasteiger charge is -2.38. The Balaban J connectivity index is 1.59. The molecule has 3 heteroatoms. The molecule has 0 radical (unpaired) electrons. The lowest BCUT2D eigenvalue weighted by molar-refractivity contribution is 0.0953. The number of hydrogen-bond acceptors (Lipinski definition) is 3. The third-order valence-electron chi connectivity index (χ3n) is 5.39. The predicted molar refractivity (Wildman–Crippen MR) is 78.2 cm³/mol. The molecule has 2 N–H and O–H groups in total. The summed E-state index contributed by atoms with van der Waals surface area (Å²) in [4.78, 5) is 2.68. The molecule has 1 saturated heterocycles. The standard InChI is InChI=1S/C16H30N2O/c1-16(12-19,17-14-8-9-14)11-18-10-4-7-15(18)13-5-2-3-6-13/h13-15,17,19H,2-12H2,1H3. The van der Waals surface area contributed by atoms with E-state index in [1.54, 1.807) is 0 Å². The molecule has 1 aliphatic heterocycles. The lowest BCUT2D eigenvalue weighted by atomic mass is 9.94. The third kappa shape index (κ3) is 3.32. The highest BCUT2D eigenvalue weighted by Gasteiger charge is 2.39. The van der Waals surface area contributed by atoms with Crippen molar-refractivity contribution in [2.45, 2.75) is 75.9 Å². The van der Waals surface area contributed by atoms with Crippen LogP contribution in [-0.4, -0.2) is 47.3 Å². The van der Waals surface area contributed by atoms with Crippen LogP contribution in [0.4, 0.5) is 0 Å². The van der Waals surface area contributed by atoms with Gasteiger partial charge >= 0.3 is 0 Å². The van der Waals surface area contributed by atoms with Crippen molar-refractivity contribution in [1.29, 1.82) is 0 Å². The van der Waals surface area contributed by atoms with Crippen LogP contribution < -0.4 is 5.32 Å². The van der Waals surface area contributed by atoms with Crippen LogP contribution in [0.25, 0.3) is 0 Å². The van der Waals surface area contributed by atoms with E-state index < -0.39 is 0 Å². The highest BCUT2D eigenvalue weighted by atomic mass is 16.3. The lowest BCUT2D eigenvalue weighted by Crippen LogP contribution is -2.56. The highest BCUT2D eigenvalue weighted by molar-refractivity contribution is 4.97. The zero-order valence-corrected chi connectivity index (χ0v) is 12.4. The summed E-state index contributed by atoms with van der Waals surface area (Å²) in [6.45, 7) is 4.73. The molecule has 2 aliphatic carbocycles. The maximum absolute atomic E-state index is 9.78. The Bertz CT molecular complexity index is 299. The van der Waals surface area contributed by atoms with Crippen molar-refractivity contribution in [2.24, 2.45) is 5.92 Å². The molecule has 3 fully saturated rings. The second kappa shape index (κ2) is 5.71. The molecule has 3 aliphatic rings. The van der Waals surface area contributed by atoms with Gasteiger partial charge in [0.15, 0.2) is 0 Å². The summed E-state index contributed by atoms with van der Waals surface area (Å²) in [7, 11) is 0. The first-order valence-corrected chi connectivity index (χ1v) is 8.33. The maximum Gasteiger partial charge on any atom is 0.0623 e. The van der Waals surface area contributed by atoms with Crippen LogP contribution in [-0.2, 0) is 0 Å². The average Bonchev–Trinajstić information content (AvgIpc) is 2.90. The van der Waals surface area contributed by atoms with Gasteiger partial charge in [-0.15, -0.1) is 0 Å². The topological polar surface area (TPSA) is 35.5 Å². The van der Waals surface area contributed by atoms with Crippen LogP contribution in [0.2, 0.25) is 0 Å². The number of aliphatic hydroxyl groups is 1. The van der Waals surface area contributed by atoms with Gasteiger partial charge in [-0.25, -0.2) is 0 Å². The van der Waals surface area contributed by atoms with Gasteiger partial charge in [0, 0.05) is 18.6 Å². The second-order valence-electron chi connectivity index (χ2n) is 7.36. The van der Waals surface area contributed by atoms with Gasteiger partial charge in [0.2, 0.25) is 0 Å². The molecule has 0 amide bonds. The minimum absolute atomic E-state index is 0.0949. The van der Waals surface area contributed by atoms with E-state index in [0.717, 1.165) is 18.5 Å². The Morgan fingerprint density at radius 2 is 1.84 bits per heavy atom. The van der Waals surface area contributed by atoms with Crippen LogP contribution in [0.5, 0.6) is 0 Å². The third-order valence-corrected chi connectivity index (χ3v) is 5.39. The predicted octanol–water partition coefficient (Wildman–Crippen LogP) is 2.14. The van der Waals surface area contributed by atoms with Crippen molar-refractivity contribution in [3.63, 3.8) is 0 Å². The molecule has 0 aromatic rings. The van der Waals surface area contributed by atoms with Crippen molar-refractivity contribution in [1.82, 2.24) is 10.2 Å². The van der Waals surface area contributed by atoms with Crippen molar-refractivity contribution >= 4 is 0 Å². The summed E-state index contributed by atoms with van der Waals surface area (Å²) in [5.41, 5.74) is -0.0949. The van der Waals surface area contributed by atoms with Crippen LogP contribution in [0.3, 0.4) is 0 Å². The number of likely N-dealkylation sites (tertiary alicyclic amines) is 1. The Morgan fingerprint density at radius 1 is 1.11 bits per heavy atom. The average molecular weight is 266 g/mol. The van der Waals surface area contributed by atoms with Gasteiger partial charge < -0.3 is 10.4 Å². The fourth-order valence-electron chi connectivity index (χ4n) is 4.23. The van der Waals surface area contributed by atoms with Crippen LogP contribution in [0, 0.1) is 5.92 Å². The van der Waals surface area contributed by atoms with Crippen molar-refractivity contribution in [3.8, 4) is 0 Å². The fourth-order valence-corrected chi connectivity index (χ4v) is 4.23. The van der Waals surface area contributed by atoms with Crippen LogP contribution in [0.15, 0.2) is 0 Å². The Hall–Kier alpha value is -0.120. The summed E-state index contributed by atoms with van der Waals surface area (Å²) >= 11 is 0. The van der Waals surface area contributed by atoms with E-state index in [1.807, 2.05) is 0 Å². The van der Waals surface area contributed by atoms with Gasteiger partial charge in [0.1, 0.15) is 0 Å². The smallest absolute Gasteiger partial charge is 0.0623 e. The molecule has 3 nitrogen and oxygen atoms in total. The maximum atomic E-state index is 9.78. The molecule has 0 spiro atoms. The Labute approximate surface area is 117 Å². The molecule has 0 aromatic heterocycles. The van der Waals surface area contributed by atoms with Gasteiger partial charge in [-0.2, -0.15) is 0 Å². The van der Waals surface area contributed by atoms with Gasteiger partial charge in [-0.1, -0.05) is 12.8 Å². The number of nitrogens with zero attached hydrogens (tertiary/aromatic N) is 1.